The van der Waals surface area contributed by atoms with Crippen molar-refractivity contribution >= 4 is 11.8 Å². The van der Waals surface area contributed by atoms with E-state index in [0.29, 0.717) is 17.7 Å². The van der Waals surface area contributed by atoms with Crippen LogP contribution in [0, 0.1) is 22.7 Å². The van der Waals surface area contributed by atoms with E-state index < -0.39 is 0 Å². The van der Waals surface area contributed by atoms with E-state index in [-0.39, 0.29) is 24.9 Å². The zero-order chi connectivity index (χ0) is 15.7. The van der Waals surface area contributed by atoms with Crippen LogP contribution in [0.1, 0.15) is 29.3 Å². The standard InChI is InChI=1S/C15H16N4O2/c1-2-8-19(9-7-16)14(20)11-18-15(21)13-5-3-12(10-17)4-6-13/h3-6H,2,8-9,11H2,1H3,(H,18,21). The first-order valence-electron chi connectivity index (χ1n) is 6.55. The molecule has 0 unspecified atom stereocenters. The molecule has 0 spiro atoms. The molecule has 0 aliphatic rings. The maximum atomic E-state index is 11.9. The summed E-state index contributed by atoms with van der Waals surface area (Å²) < 4.78 is 0. The van der Waals surface area contributed by atoms with Crippen molar-refractivity contribution in [3.63, 3.8) is 0 Å². The number of nitriles is 2. The molecular weight excluding hydrogens is 268 g/mol. The lowest BCUT2D eigenvalue weighted by atomic mass is 10.1. The van der Waals surface area contributed by atoms with Crippen molar-refractivity contribution < 1.29 is 9.59 Å². The lowest BCUT2D eigenvalue weighted by Crippen LogP contribution is -2.40. The molecule has 0 saturated heterocycles. The van der Waals surface area contributed by atoms with E-state index in [1.54, 1.807) is 0 Å². The van der Waals surface area contributed by atoms with Gasteiger partial charge in [0.15, 0.2) is 0 Å². The van der Waals surface area contributed by atoms with Gasteiger partial charge in [0.25, 0.3) is 5.91 Å². The number of rotatable bonds is 6. The Hall–Kier alpha value is -2.86. The van der Waals surface area contributed by atoms with Gasteiger partial charge in [0.05, 0.1) is 24.2 Å². The summed E-state index contributed by atoms with van der Waals surface area (Å²) >= 11 is 0. The molecule has 0 heterocycles. The molecule has 0 aliphatic heterocycles. The SMILES string of the molecule is CCCN(CC#N)C(=O)CNC(=O)c1ccc(C#N)cc1. The van der Waals surface area contributed by atoms with Crippen LogP contribution in [0.15, 0.2) is 24.3 Å². The molecule has 1 aromatic carbocycles. The average Bonchev–Trinajstić information content (AvgIpc) is 2.52. The molecule has 1 aromatic rings. The van der Waals surface area contributed by atoms with Gasteiger partial charge < -0.3 is 10.2 Å². The first kappa shape index (κ1) is 16.2. The van der Waals surface area contributed by atoms with Gasteiger partial charge in [-0.05, 0) is 30.7 Å². The molecule has 0 bridgehead atoms. The zero-order valence-corrected chi connectivity index (χ0v) is 11.8. The first-order chi connectivity index (χ1) is 10.1. The Morgan fingerprint density at radius 3 is 2.43 bits per heavy atom. The second-order valence-electron chi connectivity index (χ2n) is 4.35. The molecular formula is C15H16N4O2. The van der Waals surface area contributed by atoms with Crippen molar-refractivity contribution in [2.75, 3.05) is 19.6 Å². The highest BCUT2D eigenvalue weighted by molar-refractivity contribution is 5.96. The van der Waals surface area contributed by atoms with Gasteiger partial charge in [0.2, 0.25) is 5.91 Å². The molecule has 0 atom stereocenters. The largest absolute Gasteiger partial charge is 0.343 e. The minimum Gasteiger partial charge on any atom is -0.343 e. The maximum Gasteiger partial charge on any atom is 0.251 e. The van der Waals surface area contributed by atoms with E-state index in [4.69, 9.17) is 10.5 Å². The molecule has 6 heteroatoms. The number of carbonyl (C=O) groups is 2. The molecule has 0 aliphatic carbocycles. The number of nitrogens with zero attached hydrogens (tertiary/aromatic N) is 3. The molecule has 21 heavy (non-hydrogen) atoms. The van der Waals surface area contributed by atoms with Gasteiger partial charge in [-0.2, -0.15) is 10.5 Å². The fraction of sp³-hybridized carbons (Fsp3) is 0.333. The molecule has 0 fully saturated rings. The maximum absolute atomic E-state index is 11.9. The Morgan fingerprint density at radius 1 is 1.24 bits per heavy atom. The Kier molecular flexibility index (Phi) is 6.43. The summed E-state index contributed by atoms with van der Waals surface area (Å²) in [5, 5.41) is 19.8. The molecule has 1 N–H and O–H groups in total. The van der Waals surface area contributed by atoms with Gasteiger partial charge in [-0.1, -0.05) is 6.92 Å². The summed E-state index contributed by atoms with van der Waals surface area (Å²) in [5.41, 5.74) is 0.842. The van der Waals surface area contributed by atoms with Gasteiger partial charge in [-0.25, -0.2) is 0 Å². The lowest BCUT2D eigenvalue weighted by Gasteiger charge is -2.18. The van der Waals surface area contributed by atoms with E-state index in [2.05, 4.69) is 5.32 Å². The Labute approximate surface area is 123 Å². The van der Waals surface area contributed by atoms with Crippen LogP contribution < -0.4 is 5.32 Å². The van der Waals surface area contributed by atoms with Crippen LogP contribution >= 0.6 is 0 Å². The molecule has 2 amide bonds. The van der Waals surface area contributed by atoms with Crippen LogP contribution in [0.25, 0.3) is 0 Å². The molecule has 1 rings (SSSR count). The number of hydrogen-bond acceptors (Lipinski definition) is 4. The Balaban J connectivity index is 2.57. The Morgan fingerprint density at radius 2 is 1.90 bits per heavy atom. The van der Waals surface area contributed by atoms with E-state index in [0.717, 1.165) is 6.42 Å². The van der Waals surface area contributed by atoms with Crippen molar-refractivity contribution in [2.45, 2.75) is 13.3 Å². The average molecular weight is 284 g/mol. The molecule has 0 radical (unpaired) electrons. The molecule has 6 nitrogen and oxygen atoms in total. The number of amides is 2. The smallest absolute Gasteiger partial charge is 0.251 e. The highest BCUT2D eigenvalue weighted by Crippen LogP contribution is 2.03. The summed E-state index contributed by atoms with van der Waals surface area (Å²) in [6.45, 7) is 2.26. The number of benzene rings is 1. The zero-order valence-electron chi connectivity index (χ0n) is 11.8. The van der Waals surface area contributed by atoms with Crippen molar-refractivity contribution in [3.8, 4) is 12.1 Å². The van der Waals surface area contributed by atoms with E-state index in [1.807, 2.05) is 19.1 Å². The minimum atomic E-state index is -0.388. The summed E-state index contributed by atoms with van der Waals surface area (Å²) in [5.74, 6) is -0.679. The van der Waals surface area contributed by atoms with E-state index in [1.165, 1.54) is 29.2 Å². The Bertz CT molecular complexity index is 581. The van der Waals surface area contributed by atoms with Crippen LogP contribution in [0.2, 0.25) is 0 Å². The summed E-state index contributed by atoms with van der Waals surface area (Å²) in [6, 6.07) is 10.0. The fourth-order valence-electron chi connectivity index (χ4n) is 1.71. The molecule has 0 aromatic heterocycles. The third-order valence-electron chi connectivity index (χ3n) is 2.78. The first-order valence-corrected chi connectivity index (χ1v) is 6.55. The van der Waals surface area contributed by atoms with Gasteiger partial charge in [0, 0.05) is 12.1 Å². The second kappa shape index (κ2) is 8.34. The third-order valence-corrected chi connectivity index (χ3v) is 2.78. The van der Waals surface area contributed by atoms with Crippen molar-refractivity contribution in [2.24, 2.45) is 0 Å². The number of nitrogens with one attached hydrogen (secondary N) is 1. The van der Waals surface area contributed by atoms with Gasteiger partial charge in [-0.15, -0.1) is 0 Å². The van der Waals surface area contributed by atoms with Crippen LogP contribution in [0.5, 0.6) is 0 Å². The van der Waals surface area contributed by atoms with Gasteiger partial charge in [-0.3, -0.25) is 9.59 Å². The monoisotopic (exact) mass is 284 g/mol. The van der Waals surface area contributed by atoms with E-state index in [9.17, 15) is 9.59 Å². The van der Waals surface area contributed by atoms with Gasteiger partial charge in [0.1, 0.15) is 6.54 Å². The summed E-state index contributed by atoms with van der Waals surface area (Å²) in [7, 11) is 0. The second-order valence-corrected chi connectivity index (χ2v) is 4.35. The van der Waals surface area contributed by atoms with Crippen LogP contribution in [-0.4, -0.2) is 36.3 Å². The minimum absolute atomic E-state index is 0.0133. The third kappa shape index (κ3) is 4.96. The van der Waals surface area contributed by atoms with Crippen molar-refractivity contribution in [1.82, 2.24) is 10.2 Å². The predicted molar refractivity (Wildman–Crippen MR) is 76.0 cm³/mol. The fourth-order valence-corrected chi connectivity index (χ4v) is 1.71. The normalized spacial score (nSPS) is 9.29. The highest BCUT2D eigenvalue weighted by atomic mass is 16.2. The predicted octanol–water partition coefficient (Wildman–Crippen LogP) is 1.05. The molecule has 0 saturated carbocycles. The van der Waals surface area contributed by atoms with Crippen molar-refractivity contribution in [1.29, 1.82) is 10.5 Å². The number of hydrogen-bond donors (Lipinski definition) is 1. The van der Waals surface area contributed by atoms with Crippen LogP contribution in [-0.2, 0) is 4.79 Å². The van der Waals surface area contributed by atoms with E-state index >= 15 is 0 Å². The van der Waals surface area contributed by atoms with Gasteiger partial charge >= 0.3 is 0 Å². The summed E-state index contributed by atoms with van der Waals surface area (Å²) in [4.78, 5) is 25.1. The van der Waals surface area contributed by atoms with Crippen LogP contribution in [0.4, 0.5) is 0 Å². The topological polar surface area (TPSA) is 97.0 Å². The number of carbonyl (C=O) groups excluding carboxylic acids is 2. The van der Waals surface area contributed by atoms with Crippen molar-refractivity contribution in [3.05, 3.63) is 35.4 Å². The quantitative estimate of drug-likeness (QED) is 0.789. The molecule has 108 valence electrons. The summed E-state index contributed by atoms with van der Waals surface area (Å²) in [6.07, 6.45) is 0.747. The highest BCUT2D eigenvalue weighted by Gasteiger charge is 2.14. The van der Waals surface area contributed by atoms with Crippen LogP contribution in [0.3, 0.4) is 0 Å². The lowest BCUT2D eigenvalue weighted by molar-refractivity contribution is -0.129.